The summed E-state index contributed by atoms with van der Waals surface area (Å²) in [4.78, 5) is 0.337. The van der Waals surface area contributed by atoms with Crippen LogP contribution in [0.2, 0.25) is 0 Å². The minimum absolute atomic E-state index is 0.133. The zero-order chi connectivity index (χ0) is 16.4. The van der Waals surface area contributed by atoms with Crippen molar-refractivity contribution in [2.75, 3.05) is 0 Å². The number of benzene rings is 2. The third-order valence-corrected chi connectivity index (χ3v) is 5.85. The maximum Gasteiger partial charge on any atom is 0.241 e. The lowest BCUT2D eigenvalue weighted by Crippen LogP contribution is -2.30. The van der Waals surface area contributed by atoms with E-state index in [4.69, 9.17) is 0 Å². The fourth-order valence-electron chi connectivity index (χ4n) is 2.79. The first-order chi connectivity index (χ1) is 11.0. The highest BCUT2D eigenvalue weighted by Crippen LogP contribution is 2.41. The first kappa shape index (κ1) is 16.2. The summed E-state index contributed by atoms with van der Waals surface area (Å²) in [5.74, 6) is 0.797. The van der Waals surface area contributed by atoms with E-state index in [9.17, 15) is 8.42 Å². The van der Waals surface area contributed by atoms with E-state index in [1.165, 1.54) is 0 Å². The Balaban J connectivity index is 1.84. The molecule has 2 aromatic rings. The Bertz CT molecular complexity index is 748. The van der Waals surface area contributed by atoms with E-state index in [2.05, 4.69) is 18.6 Å². The Morgan fingerprint density at radius 3 is 2.04 bits per heavy atom. The lowest BCUT2D eigenvalue weighted by molar-refractivity contribution is 0.529. The van der Waals surface area contributed by atoms with Gasteiger partial charge in [0.15, 0.2) is 0 Å². The van der Waals surface area contributed by atoms with Crippen molar-refractivity contribution in [1.29, 1.82) is 0 Å². The third-order valence-electron chi connectivity index (χ3n) is 4.39. The van der Waals surface area contributed by atoms with Crippen LogP contribution in [0.25, 0.3) is 0 Å². The van der Waals surface area contributed by atoms with Crippen molar-refractivity contribution < 1.29 is 8.42 Å². The summed E-state index contributed by atoms with van der Waals surface area (Å²) in [6.07, 6.45) is 2.16. The van der Waals surface area contributed by atoms with Crippen LogP contribution in [0.15, 0.2) is 59.5 Å². The van der Waals surface area contributed by atoms with Crippen molar-refractivity contribution >= 4 is 10.0 Å². The zero-order valence-electron chi connectivity index (χ0n) is 13.6. The Kier molecular flexibility index (Phi) is 4.55. The minimum Gasteiger partial charge on any atom is -0.207 e. The molecule has 0 radical (unpaired) electrons. The summed E-state index contributed by atoms with van der Waals surface area (Å²) in [6.45, 7) is 4.20. The molecule has 3 rings (SSSR count). The van der Waals surface area contributed by atoms with Gasteiger partial charge in [0.25, 0.3) is 0 Å². The van der Waals surface area contributed by atoms with Gasteiger partial charge in [0.1, 0.15) is 0 Å². The highest BCUT2D eigenvalue weighted by atomic mass is 32.2. The molecule has 0 spiro atoms. The number of hydrogen-bond acceptors (Lipinski definition) is 2. The highest BCUT2D eigenvalue weighted by molar-refractivity contribution is 7.89. The molecule has 23 heavy (non-hydrogen) atoms. The molecular formula is C19H23NO2S. The second-order valence-corrected chi connectivity index (χ2v) is 8.28. The van der Waals surface area contributed by atoms with Crippen LogP contribution < -0.4 is 4.72 Å². The second-order valence-electron chi connectivity index (χ2n) is 6.57. The molecule has 4 heteroatoms. The van der Waals surface area contributed by atoms with E-state index >= 15 is 0 Å². The molecule has 1 fully saturated rings. The van der Waals surface area contributed by atoms with Gasteiger partial charge in [-0.05, 0) is 47.9 Å². The summed E-state index contributed by atoms with van der Waals surface area (Å²) in [7, 11) is -3.51. The van der Waals surface area contributed by atoms with Crippen LogP contribution in [0.3, 0.4) is 0 Å². The summed E-state index contributed by atoms with van der Waals surface area (Å²) in [5.41, 5.74) is 2.18. The number of hydrogen-bond donors (Lipinski definition) is 1. The lowest BCUT2D eigenvalue weighted by Gasteiger charge is -2.19. The SMILES string of the molecule is CC(C)c1ccc(S(=O)(=O)NC(c2ccccc2)C2CC2)cc1. The standard InChI is InChI=1S/C19H23NO2S/c1-14(2)15-10-12-18(13-11-15)23(21,22)20-19(17-8-9-17)16-6-4-3-5-7-16/h3-7,10-14,17,19-20H,8-9H2,1-2H3. The Morgan fingerprint density at radius 2 is 1.52 bits per heavy atom. The molecule has 2 aromatic carbocycles. The predicted octanol–water partition coefficient (Wildman–Crippen LogP) is 4.24. The van der Waals surface area contributed by atoms with E-state index < -0.39 is 10.0 Å². The molecule has 1 unspecified atom stereocenters. The lowest BCUT2D eigenvalue weighted by atomic mass is 10.0. The second kappa shape index (κ2) is 6.46. The molecular weight excluding hydrogens is 306 g/mol. The smallest absolute Gasteiger partial charge is 0.207 e. The van der Waals surface area contributed by atoms with E-state index in [1.807, 2.05) is 42.5 Å². The van der Waals surface area contributed by atoms with E-state index in [1.54, 1.807) is 12.1 Å². The van der Waals surface area contributed by atoms with Gasteiger partial charge in [-0.3, -0.25) is 0 Å². The molecule has 0 aromatic heterocycles. The largest absolute Gasteiger partial charge is 0.241 e. The molecule has 1 atom stereocenters. The molecule has 0 bridgehead atoms. The maximum absolute atomic E-state index is 12.7. The molecule has 0 aliphatic heterocycles. The Labute approximate surface area is 138 Å². The average molecular weight is 329 g/mol. The van der Waals surface area contributed by atoms with Crippen molar-refractivity contribution in [3.8, 4) is 0 Å². The van der Waals surface area contributed by atoms with Crippen LogP contribution in [0.4, 0.5) is 0 Å². The maximum atomic E-state index is 12.7. The van der Waals surface area contributed by atoms with Gasteiger partial charge in [-0.1, -0.05) is 56.3 Å². The molecule has 0 amide bonds. The summed E-state index contributed by atoms with van der Waals surface area (Å²) >= 11 is 0. The van der Waals surface area contributed by atoms with Crippen LogP contribution >= 0.6 is 0 Å². The Morgan fingerprint density at radius 1 is 0.913 bits per heavy atom. The molecule has 122 valence electrons. The van der Waals surface area contributed by atoms with Crippen LogP contribution in [0.1, 0.15) is 49.8 Å². The minimum atomic E-state index is -3.51. The topological polar surface area (TPSA) is 46.2 Å². The number of nitrogens with one attached hydrogen (secondary N) is 1. The fraction of sp³-hybridized carbons (Fsp3) is 0.368. The van der Waals surface area contributed by atoms with Crippen LogP contribution in [0, 0.1) is 5.92 Å². The molecule has 3 nitrogen and oxygen atoms in total. The normalized spacial score (nSPS) is 16.5. The molecule has 1 N–H and O–H groups in total. The molecule has 0 saturated heterocycles. The van der Waals surface area contributed by atoms with Crippen molar-refractivity contribution in [3.05, 3.63) is 65.7 Å². The summed E-state index contributed by atoms with van der Waals surface area (Å²) in [5, 5.41) is 0. The first-order valence-electron chi connectivity index (χ1n) is 8.14. The Hall–Kier alpha value is -1.65. The number of rotatable bonds is 6. The van der Waals surface area contributed by atoms with Gasteiger partial charge in [-0.15, -0.1) is 0 Å². The van der Waals surface area contributed by atoms with Gasteiger partial charge < -0.3 is 0 Å². The summed E-state index contributed by atoms with van der Waals surface area (Å²) < 4.78 is 28.3. The molecule has 1 aliphatic rings. The zero-order valence-corrected chi connectivity index (χ0v) is 14.4. The van der Waals surface area contributed by atoms with Gasteiger partial charge in [0, 0.05) is 6.04 Å². The molecule has 1 saturated carbocycles. The van der Waals surface area contributed by atoms with Gasteiger partial charge in [-0.2, -0.15) is 0 Å². The van der Waals surface area contributed by atoms with Crippen LogP contribution in [-0.4, -0.2) is 8.42 Å². The average Bonchev–Trinajstić information content (AvgIpc) is 3.38. The van der Waals surface area contributed by atoms with Gasteiger partial charge >= 0.3 is 0 Å². The van der Waals surface area contributed by atoms with Crippen molar-refractivity contribution in [2.45, 2.75) is 43.5 Å². The number of sulfonamides is 1. The van der Waals surface area contributed by atoms with E-state index in [0.717, 1.165) is 24.0 Å². The highest BCUT2D eigenvalue weighted by Gasteiger charge is 2.35. The van der Waals surface area contributed by atoms with E-state index in [-0.39, 0.29) is 6.04 Å². The summed E-state index contributed by atoms with van der Waals surface area (Å²) in [6, 6.07) is 16.9. The quantitative estimate of drug-likeness (QED) is 0.861. The van der Waals surface area contributed by atoms with Gasteiger partial charge in [-0.25, -0.2) is 13.1 Å². The van der Waals surface area contributed by atoms with Gasteiger partial charge in [0.2, 0.25) is 10.0 Å². The third kappa shape index (κ3) is 3.82. The van der Waals surface area contributed by atoms with Crippen molar-refractivity contribution in [1.82, 2.24) is 4.72 Å². The van der Waals surface area contributed by atoms with Crippen LogP contribution in [0.5, 0.6) is 0 Å². The molecule has 0 heterocycles. The fourth-order valence-corrected chi connectivity index (χ4v) is 4.09. The van der Waals surface area contributed by atoms with Crippen molar-refractivity contribution in [3.63, 3.8) is 0 Å². The predicted molar refractivity (Wildman–Crippen MR) is 92.8 cm³/mol. The first-order valence-corrected chi connectivity index (χ1v) is 9.63. The van der Waals surface area contributed by atoms with Crippen molar-refractivity contribution in [2.24, 2.45) is 5.92 Å². The van der Waals surface area contributed by atoms with E-state index in [0.29, 0.717) is 16.7 Å². The van der Waals surface area contributed by atoms with Crippen LogP contribution in [-0.2, 0) is 10.0 Å². The molecule has 1 aliphatic carbocycles. The van der Waals surface area contributed by atoms with Gasteiger partial charge in [0.05, 0.1) is 4.90 Å². The monoisotopic (exact) mass is 329 g/mol.